The quantitative estimate of drug-likeness (QED) is 0.0593. The molecule has 4 saturated carbocycles. The van der Waals surface area contributed by atoms with E-state index in [2.05, 4.69) is 175 Å². The van der Waals surface area contributed by atoms with Gasteiger partial charge in [0.05, 0.1) is 35.7 Å². The van der Waals surface area contributed by atoms with Crippen LogP contribution in [-0.4, -0.2) is 209 Å². The van der Waals surface area contributed by atoms with E-state index in [1.165, 1.54) is 13.8 Å². The molecule has 594 valence electrons. The second-order valence-electron chi connectivity index (χ2n) is 26.4. The number of halogens is 11. The first-order valence-electron chi connectivity index (χ1n) is 31.5. The Morgan fingerprint density at radius 1 is 0.308 bits per heavy atom. The second kappa shape index (κ2) is 44.4. The summed E-state index contributed by atoms with van der Waals surface area (Å²) in [5.41, 5.74) is 0. The van der Waals surface area contributed by atoms with Crippen LogP contribution in [0.4, 0.5) is 0 Å². The molecule has 0 amide bonds. The number of carbonyl (C=O) groups excluding carboxylic acids is 15. The number of aliphatic carboxylic acids is 4. The number of alkyl halides is 11. The van der Waals surface area contributed by atoms with Gasteiger partial charge in [-0.3, -0.25) is 52.7 Å². The molecule has 0 radical (unpaired) electrons. The average molecular weight is 2200 g/mol. The summed E-state index contributed by atoms with van der Waals surface area (Å²) < 4.78 is 53.3. The molecule has 0 aromatic rings. The number of ether oxygens (including phenoxy) is 11. The molecule has 0 aliphatic heterocycles. The lowest BCUT2D eigenvalue weighted by atomic mass is 9.81. The number of carbonyl (C=O) groups is 15. The minimum Gasteiger partial charge on any atom is -0.550 e. The Morgan fingerprint density at radius 3 is 0.798 bits per heavy atom. The van der Waals surface area contributed by atoms with Gasteiger partial charge in [-0.15, -0.1) is 0 Å². The molecule has 0 heterocycles. The van der Waals surface area contributed by atoms with E-state index >= 15 is 0 Å². The van der Waals surface area contributed by atoms with Crippen molar-refractivity contribution in [2.45, 2.75) is 251 Å². The Labute approximate surface area is 693 Å². The van der Waals surface area contributed by atoms with Crippen LogP contribution in [0.1, 0.15) is 148 Å². The summed E-state index contributed by atoms with van der Waals surface area (Å²) in [5.74, 6) is -17.8. The highest BCUT2D eigenvalue weighted by atomic mass is 79.9. The predicted octanol–water partition coefficient (Wildman–Crippen LogP) is 5.41. The van der Waals surface area contributed by atoms with Gasteiger partial charge in [0.1, 0.15) is 119 Å². The van der Waals surface area contributed by atoms with Gasteiger partial charge >= 0.3 is 65.7 Å². The van der Waals surface area contributed by atoms with Gasteiger partial charge in [0.15, 0.2) is 0 Å². The molecule has 12 unspecified atom stereocenters. The van der Waals surface area contributed by atoms with E-state index in [1.807, 2.05) is 0 Å². The van der Waals surface area contributed by atoms with Gasteiger partial charge in [0.2, 0.25) is 0 Å². The monoisotopic (exact) mass is 2190 g/mol. The molecule has 0 aromatic heterocycles. The number of hydrogen-bond acceptors (Lipinski definition) is 30. The predicted molar refractivity (Wildman–Crippen MR) is 396 cm³/mol. The second-order valence-corrected chi connectivity index (χ2v) is 42.1. The summed E-state index contributed by atoms with van der Waals surface area (Å²) in [6.07, 6.45) is -10.4. The zero-order valence-electron chi connectivity index (χ0n) is 58.3. The average Bonchev–Trinajstić information content (AvgIpc) is 0.807. The van der Waals surface area contributed by atoms with Crippen molar-refractivity contribution in [1.82, 2.24) is 0 Å². The maximum absolute atomic E-state index is 12.4. The van der Waals surface area contributed by atoms with Gasteiger partial charge < -0.3 is 91.7 Å². The van der Waals surface area contributed by atoms with Crippen molar-refractivity contribution in [3.63, 3.8) is 0 Å². The van der Waals surface area contributed by atoms with E-state index in [1.54, 1.807) is 76.2 Å². The third kappa shape index (κ3) is 34.7. The first kappa shape index (κ1) is 99.3. The van der Waals surface area contributed by atoms with Gasteiger partial charge in [0.25, 0.3) is 0 Å². The van der Waals surface area contributed by atoms with Crippen molar-refractivity contribution in [2.75, 3.05) is 16.0 Å². The Bertz CT molecular complexity index is 2930. The summed E-state index contributed by atoms with van der Waals surface area (Å²) in [6, 6.07) is 0. The number of rotatable bonds is 26. The Morgan fingerprint density at radius 2 is 0.529 bits per heavy atom. The topological polar surface area (TPSA) is 450 Å². The third-order valence-corrected chi connectivity index (χ3v) is 19.1. The summed E-state index contributed by atoms with van der Waals surface area (Å²) >= 11 is 33.9. The molecule has 41 heteroatoms. The van der Waals surface area contributed by atoms with Crippen LogP contribution >= 0.6 is 175 Å². The SMILES string of the molecule is CC(Br)C(=O)OC1CC(OC(=O)C(C)Br)C(C(=O)[O-])C(OC(=O)C(C)Br)C1.CC(C)(Br)C(=O)OC1CC(OC(=O)C(C)(C)Br)C(C(=O)[O-])C(OC(=O)C(C)(C)Br)C1.CC(C)(Br)C(=O)OC1CCC(C(=O)[O-])C(OC(=O)C(C)(C)Br)C1.O=C(CBr)OC1CC(OC(=O)CBr)C(C(=O)[O-])C(OC(=O)CBr)C1. The van der Waals surface area contributed by atoms with Crippen molar-refractivity contribution >= 4 is 265 Å². The van der Waals surface area contributed by atoms with Crippen molar-refractivity contribution in [3.05, 3.63) is 0 Å². The Hall–Kier alpha value is -2.67. The van der Waals surface area contributed by atoms with Gasteiger partial charge in [-0.25, -0.2) is 0 Å². The summed E-state index contributed by atoms with van der Waals surface area (Å²) in [7, 11) is 0. The first-order valence-corrected chi connectivity index (χ1v) is 41.6. The molecular weight excluding hydrogens is 2120 g/mol. The van der Waals surface area contributed by atoms with Gasteiger partial charge in [-0.05, 0) is 103 Å². The van der Waals surface area contributed by atoms with Gasteiger partial charge in [0, 0.05) is 56.8 Å². The largest absolute Gasteiger partial charge is 0.550 e. The van der Waals surface area contributed by atoms with E-state index in [9.17, 15) is 92.3 Å². The van der Waals surface area contributed by atoms with Crippen LogP contribution in [0.5, 0.6) is 0 Å². The van der Waals surface area contributed by atoms with Crippen LogP contribution < -0.4 is 20.4 Å². The number of carboxylic acid groups (broad SMARTS) is 4. The molecule has 104 heavy (non-hydrogen) atoms. The van der Waals surface area contributed by atoms with Gasteiger partial charge in [-0.2, -0.15) is 0 Å². The fourth-order valence-corrected chi connectivity index (χ4v) is 10.9. The highest BCUT2D eigenvalue weighted by Crippen LogP contribution is 2.39. The van der Waals surface area contributed by atoms with Crippen LogP contribution in [-0.2, 0) is 124 Å². The van der Waals surface area contributed by atoms with Crippen LogP contribution in [0, 0.1) is 23.7 Å². The van der Waals surface area contributed by atoms with E-state index in [-0.39, 0.29) is 67.4 Å². The third-order valence-electron chi connectivity index (χ3n) is 15.0. The normalized spacial score (nSPS) is 26.4. The number of carboxylic acids is 4. The van der Waals surface area contributed by atoms with E-state index < -0.39 is 216 Å². The number of hydrogen-bond donors (Lipinski definition) is 0. The molecule has 0 aromatic carbocycles. The lowest BCUT2D eigenvalue weighted by Crippen LogP contribution is -2.56. The zero-order valence-corrected chi connectivity index (χ0v) is 75.7. The standard InChI is InChI=1S/C19H27Br3O8.C16H21Br3O8.C15H22Br2O6.C13H15Br3O8/c1-17(2,20)14(25)28-9-7-10(29-15(26)18(3,4)21)12(13(23)24)11(8-9)30-16(27)19(5,6)22;1-6(17)14(22)25-9-4-10(26-15(23)7(2)18)12(13(20)21)11(5-9)27-16(24)8(3)19;1-14(2,16)12(20)22-8-5-6-9(11(18)19)10(7-8)23-13(21)15(3,4)17;14-3-9(17)22-6-1-7(23-10(18)4-15)12(13(20)21)8(2-6)24-11(19)5-16/h9-12H,7-8H2,1-6H3,(H,23,24);6-12H,4-5H2,1-3H3,(H,20,21);8-10H,5-7H2,1-4H3,(H,18,19);6-8,12H,1-5H2,(H,20,21)/p-4. The minimum absolute atomic E-state index is 0.0293. The molecule has 4 aliphatic rings. The minimum atomic E-state index is -1.53. The molecule has 0 N–H and O–H groups in total. The fourth-order valence-electron chi connectivity index (χ4n) is 9.75. The van der Waals surface area contributed by atoms with E-state index in [0.717, 1.165) is 0 Å². The lowest BCUT2D eigenvalue weighted by molar-refractivity contribution is -0.321. The van der Waals surface area contributed by atoms with E-state index in [4.69, 9.17) is 52.1 Å². The van der Waals surface area contributed by atoms with Crippen molar-refractivity contribution in [1.29, 1.82) is 0 Å². The maximum atomic E-state index is 12.4. The molecule has 0 spiro atoms. The zero-order chi connectivity index (χ0) is 80.8. The molecule has 0 saturated heterocycles. The van der Waals surface area contributed by atoms with Crippen molar-refractivity contribution in [2.24, 2.45) is 23.7 Å². The highest BCUT2D eigenvalue weighted by Gasteiger charge is 2.50. The van der Waals surface area contributed by atoms with Crippen LogP contribution in [0.3, 0.4) is 0 Å². The molecule has 4 fully saturated rings. The van der Waals surface area contributed by atoms with Crippen molar-refractivity contribution in [3.8, 4) is 0 Å². The van der Waals surface area contributed by atoms with Crippen molar-refractivity contribution < 1.29 is 144 Å². The molecule has 4 aliphatic carbocycles. The van der Waals surface area contributed by atoms with E-state index in [0.29, 0.717) is 6.42 Å². The summed E-state index contributed by atoms with van der Waals surface area (Å²) in [6.45, 7) is 20.5. The highest BCUT2D eigenvalue weighted by molar-refractivity contribution is 9.11. The smallest absolute Gasteiger partial charge is 0.322 e. The van der Waals surface area contributed by atoms with Gasteiger partial charge in [-0.1, -0.05) is 175 Å². The molecular formula is C63H81Br11O30-4. The van der Waals surface area contributed by atoms with Crippen LogP contribution in [0.2, 0.25) is 0 Å². The lowest BCUT2D eigenvalue weighted by Gasteiger charge is -2.42. The molecule has 4 rings (SSSR count). The van der Waals surface area contributed by atoms with Crippen LogP contribution in [0.15, 0.2) is 0 Å². The summed E-state index contributed by atoms with van der Waals surface area (Å²) in [5, 5.41) is 46.0. The summed E-state index contributed by atoms with van der Waals surface area (Å²) in [4.78, 5) is 176. The first-order chi connectivity index (χ1) is 47.4. The number of esters is 11. The molecule has 12 atom stereocenters. The molecule has 0 bridgehead atoms. The Kier molecular flexibility index (Phi) is 42.4. The Balaban J connectivity index is 0.000000697. The molecule has 30 nitrogen and oxygen atoms in total. The van der Waals surface area contributed by atoms with Crippen LogP contribution in [0.25, 0.3) is 0 Å². The maximum Gasteiger partial charge on any atom is 0.322 e. The fraction of sp³-hybridized carbons (Fsp3) is 0.762.